The molecule has 20 heavy (non-hydrogen) atoms. The first kappa shape index (κ1) is 13.1. The predicted molar refractivity (Wildman–Crippen MR) is 80.5 cm³/mol. The van der Waals surface area contributed by atoms with E-state index < -0.39 is 0 Å². The van der Waals surface area contributed by atoms with Crippen molar-refractivity contribution in [1.29, 1.82) is 0 Å². The number of tetrazole rings is 1. The zero-order valence-electron chi connectivity index (χ0n) is 10.7. The van der Waals surface area contributed by atoms with Crippen LogP contribution in [-0.4, -0.2) is 20.2 Å². The average molecular weight is 306 g/mol. The molecule has 0 radical (unpaired) electrons. The summed E-state index contributed by atoms with van der Waals surface area (Å²) >= 11 is 7.98. The number of halogens is 1. The highest BCUT2D eigenvalue weighted by molar-refractivity contribution is 7.11. The van der Waals surface area contributed by atoms with Crippen LogP contribution in [0.4, 0.5) is 5.69 Å². The lowest BCUT2D eigenvalue weighted by Crippen LogP contribution is -2.01. The Morgan fingerprint density at radius 3 is 2.90 bits per heavy atom. The molecule has 0 spiro atoms. The number of hydrogen-bond acceptors (Lipinski definition) is 5. The molecule has 0 amide bonds. The number of aromatic nitrogens is 4. The number of nitrogens with one attached hydrogen (secondary N) is 1. The van der Waals surface area contributed by atoms with Gasteiger partial charge in [-0.15, -0.1) is 16.4 Å². The third-order valence-electron chi connectivity index (χ3n) is 2.81. The van der Waals surface area contributed by atoms with Crippen LogP contribution in [0.2, 0.25) is 5.02 Å². The maximum atomic E-state index is 6.21. The van der Waals surface area contributed by atoms with Crippen molar-refractivity contribution in [1.82, 2.24) is 20.2 Å². The Morgan fingerprint density at radius 1 is 1.30 bits per heavy atom. The van der Waals surface area contributed by atoms with Crippen molar-refractivity contribution < 1.29 is 0 Å². The van der Waals surface area contributed by atoms with Gasteiger partial charge in [-0.3, -0.25) is 0 Å². The molecule has 0 atom stereocenters. The second kappa shape index (κ2) is 5.60. The molecule has 5 nitrogen and oxygen atoms in total. The summed E-state index contributed by atoms with van der Waals surface area (Å²) in [5.41, 5.74) is 1.73. The number of hydrogen-bond donors (Lipinski definition) is 1. The highest BCUT2D eigenvalue weighted by Gasteiger charge is 2.05. The van der Waals surface area contributed by atoms with Gasteiger partial charge in [-0.05, 0) is 47.7 Å². The standard InChI is InChI=1S/C13H12ClN5S/c1-9-2-4-11(20-9)7-15-13-6-10(3-5-12(13)14)19-8-16-17-18-19/h2-6,8,15H,7H2,1H3. The normalized spacial score (nSPS) is 10.7. The molecule has 0 aliphatic heterocycles. The number of benzene rings is 1. The minimum Gasteiger partial charge on any atom is -0.379 e. The Hall–Kier alpha value is -1.92. The van der Waals surface area contributed by atoms with E-state index in [9.17, 15) is 0 Å². The maximum Gasteiger partial charge on any atom is 0.143 e. The summed E-state index contributed by atoms with van der Waals surface area (Å²) in [5.74, 6) is 0. The predicted octanol–water partition coefficient (Wildman–Crippen LogP) is 3.30. The topological polar surface area (TPSA) is 55.6 Å². The van der Waals surface area contributed by atoms with Crippen molar-refractivity contribution >= 4 is 28.6 Å². The second-order valence-corrected chi connectivity index (χ2v) is 6.06. The van der Waals surface area contributed by atoms with Crippen LogP contribution >= 0.6 is 22.9 Å². The first-order valence-electron chi connectivity index (χ1n) is 6.04. The fraction of sp³-hybridized carbons (Fsp3) is 0.154. The van der Waals surface area contributed by atoms with Gasteiger partial charge in [-0.25, -0.2) is 4.68 Å². The summed E-state index contributed by atoms with van der Waals surface area (Å²) < 4.78 is 1.59. The van der Waals surface area contributed by atoms with E-state index in [0.717, 1.165) is 17.9 Å². The van der Waals surface area contributed by atoms with Crippen LogP contribution in [0.3, 0.4) is 0 Å². The number of anilines is 1. The van der Waals surface area contributed by atoms with Crippen LogP contribution in [0, 0.1) is 6.92 Å². The number of nitrogens with zero attached hydrogens (tertiary/aromatic N) is 4. The van der Waals surface area contributed by atoms with Crippen molar-refractivity contribution in [2.75, 3.05) is 5.32 Å². The minimum atomic E-state index is 0.676. The number of rotatable bonds is 4. The van der Waals surface area contributed by atoms with Gasteiger partial charge in [0, 0.05) is 16.3 Å². The summed E-state index contributed by atoms with van der Waals surface area (Å²) in [4.78, 5) is 2.57. The highest BCUT2D eigenvalue weighted by atomic mass is 35.5. The molecule has 0 unspecified atom stereocenters. The van der Waals surface area contributed by atoms with E-state index in [0.29, 0.717) is 5.02 Å². The fourth-order valence-corrected chi connectivity index (χ4v) is 2.85. The van der Waals surface area contributed by atoms with Gasteiger partial charge in [0.25, 0.3) is 0 Å². The molecule has 1 aromatic carbocycles. The summed E-state index contributed by atoms with van der Waals surface area (Å²) in [5, 5.41) is 15.1. The second-order valence-electron chi connectivity index (χ2n) is 4.28. The molecule has 0 aliphatic rings. The van der Waals surface area contributed by atoms with Gasteiger partial charge in [-0.2, -0.15) is 0 Å². The van der Waals surface area contributed by atoms with E-state index in [-0.39, 0.29) is 0 Å². The molecule has 3 rings (SSSR count). The third kappa shape index (κ3) is 2.81. The fourth-order valence-electron chi connectivity index (χ4n) is 1.83. The van der Waals surface area contributed by atoms with Gasteiger partial charge in [0.1, 0.15) is 6.33 Å². The molecule has 0 saturated carbocycles. The zero-order valence-corrected chi connectivity index (χ0v) is 12.3. The molecule has 0 aliphatic carbocycles. The molecule has 2 heterocycles. The Bertz CT molecular complexity index is 707. The van der Waals surface area contributed by atoms with Gasteiger partial charge >= 0.3 is 0 Å². The third-order valence-corrected chi connectivity index (χ3v) is 4.14. The quantitative estimate of drug-likeness (QED) is 0.803. The lowest BCUT2D eigenvalue weighted by atomic mass is 10.2. The number of thiophene rings is 1. The minimum absolute atomic E-state index is 0.676. The van der Waals surface area contributed by atoms with Crippen LogP contribution in [0.1, 0.15) is 9.75 Å². The largest absolute Gasteiger partial charge is 0.379 e. The van der Waals surface area contributed by atoms with E-state index in [4.69, 9.17) is 11.6 Å². The molecule has 7 heteroatoms. The van der Waals surface area contributed by atoms with Crippen LogP contribution < -0.4 is 5.32 Å². The Balaban J connectivity index is 1.80. The molecule has 0 bridgehead atoms. The smallest absolute Gasteiger partial charge is 0.143 e. The highest BCUT2D eigenvalue weighted by Crippen LogP contribution is 2.26. The van der Waals surface area contributed by atoms with Gasteiger partial charge in [0.15, 0.2) is 0 Å². The van der Waals surface area contributed by atoms with E-state index in [1.165, 1.54) is 9.75 Å². The van der Waals surface area contributed by atoms with Gasteiger partial charge in [0.05, 0.1) is 16.4 Å². The Labute approximate surface area is 125 Å². The molecule has 0 saturated heterocycles. The first-order valence-corrected chi connectivity index (χ1v) is 7.24. The molecule has 102 valence electrons. The Morgan fingerprint density at radius 2 is 2.20 bits per heavy atom. The van der Waals surface area contributed by atoms with Gasteiger partial charge in [0.2, 0.25) is 0 Å². The lowest BCUT2D eigenvalue weighted by Gasteiger charge is -2.09. The van der Waals surface area contributed by atoms with Crippen molar-refractivity contribution in [3.8, 4) is 5.69 Å². The molecule has 0 fully saturated rings. The van der Waals surface area contributed by atoms with Crippen LogP contribution in [0.25, 0.3) is 5.69 Å². The summed E-state index contributed by atoms with van der Waals surface area (Å²) in [7, 11) is 0. The summed E-state index contributed by atoms with van der Waals surface area (Å²) in [6, 6.07) is 9.87. The van der Waals surface area contributed by atoms with Crippen LogP contribution in [-0.2, 0) is 6.54 Å². The van der Waals surface area contributed by atoms with Crippen LogP contribution in [0.15, 0.2) is 36.7 Å². The van der Waals surface area contributed by atoms with E-state index >= 15 is 0 Å². The Kier molecular flexibility index (Phi) is 3.66. The number of aryl methyl sites for hydroxylation is 1. The average Bonchev–Trinajstić information content (AvgIpc) is 3.09. The van der Waals surface area contributed by atoms with Crippen molar-refractivity contribution in [3.05, 3.63) is 51.4 Å². The first-order chi connectivity index (χ1) is 9.72. The van der Waals surface area contributed by atoms with Gasteiger partial charge in [-0.1, -0.05) is 11.6 Å². The molecular weight excluding hydrogens is 294 g/mol. The monoisotopic (exact) mass is 305 g/mol. The van der Waals surface area contributed by atoms with Crippen LogP contribution in [0.5, 0.6) is 0 Å². The summed E-state index contributed by atoms with van der Waals surface area (Å²) in [6.45, 7) is 2.84. The molecule has 3 aromatic rings. The molecular formula is C13H12ClN5S. The molecule has 2 aromatic heterocycles. The van der Waals surface area contributed by atoms with Crippen molar-refractivity contribution in [2.24, 2.45) is 0 Å². The van der Waals surface area contributed by atoms with Gasteiger partial charge < -0.3 is 5.32 Å². The van der Waals surface area contributed by atoms with E-state index in [2.05, 4.69) is 39.9 Å². The van der Waals surface area contributed by atoms with E-state index in [1.54, 1.807) is 22.3 Å². The maximum absolute atomic E-state index is 6.21. The lowest BCUT2D eigenvalue weighted by molar-refractivity contribution is 0.789. The summed E-state index contributed by atoms with van der Waals surface area (Å²) in [6.07, 6.45) is 1.55. The van der Waals surface area contributed by atoms with Crippen molar-refractivity contribution in [2.45, 2.75) is 13.5 Å². The zero-order chi connectivity index (χ0) is 13.9. The molecule has 1 N–H and O–H groups in total. The van der Waals surface area contributed by atoms with Crippen molar-refractivity contribution in [3.63, 3.8) is 0 Å². The van der Waals surface area contributed by atoms with E-state index in [1.807, 2.05) is 18.2 Å². The SMILES string of the molecule is Cc1ccc(CNc2cc(-n3cnnn3)ccc2Cl)s1.